The van der Waals surface area contributed by atoms with Gasteiger partial charge in [0.05, 0.1) is 17.0 Å². The Bertz CT molecular complexity index is 502. The number of hydrogen-bond donors (Lipinski definition) is 2. The monoisotopic (exact) mass is 269 g/mol. The quantitative estimate of drug-likeness (QED) is 0.872. The van der Waals surface area contributed by atoms with Crippen LogP contribution in [0.1, 0.15) is 31.2 Å². The van der Waals surface area contributed by atoms with E-state index in [1.807, 2.05) is 6.92 Å². The van der Waals surface area contributed by atoms with Gasteiger partial charge >= 0.3 is 0 Å². The van der Waals surface area contributed by atoms with Gasteiger partial charge in [0.25, 0.3) is 0 Å². The number of aliphatic hydroxyl groups is 1. The first-order valence-corrected chi connectivity index (χ1v) is 7.67. The van der Waals surface area contributed by atoms with Crippen LogP contribution in [0.5, 0.6) is 0 Å². The second-order valence-electron chi connectivity index (χ2n) is 5.06. The highest BCUT2D eigenvalue weighted by molar-refractivity contribution is 7.89. The maximum atomic E-state index is 12.2. The smallest absolute Gasteiger partial charge is 0.241 e. The molecule has 0 spiro atoms. The van der Waals surface area contributed by atoms with Crippen molar-refractivity contribution in [2.24, 2.45) is 0 Å². The molecular formula is C13H19NO3S. The Kier molecular flexibility index (Phi) is 3.75. The molecule has 2 rings (SSSR count). The SMILES string of the molecule is Cc1ccc(S(=O)(=O)NC2(CO)CCCC2)cc1. The molecule has 1 saturated carbocycles. The molecule has 0 saturated heterocycles. The molecule has 1 aromatic carbocycles. The maximum Gasteiger partial charge on any atom is 0.241 e. The Morgan fingerprint density at radius 2 is 1.78 bits per heavy atom. The van der Waals surface area contributed by atoms with E-state index in [2.05, 4.69) is 4.72 Å². The van der Waals surface area contributed by atoms with Gasteiger partial charge in [-0.2, -0.15) is 0 Å². The summed E-state index contributed by atoms with van der Waals surface area (Å²) in [4.78, 5) is 0.257. The lowest BCUT2D eigenvalue weighted by Gasteiger charge is -2.27. The summed E-state index contributed by atoms with van der Waals surface area (Å²) in [6.45, 7) is 1.77. The van der Waals surface area contributed by atoms with Crippen molar-refractivity contribution in [3.05, 3.63) is 29.8 Å². The molecule has 18 heavy (non-hydrogen) atoms. The zero-order valence-electron chi connectivity index (χ0n) is 10.5. The molecule has 0 amide bonds. The van der Waals surface area contributed by atoms with Crippen molar-refractivity contribution in [1.29, 1.82) is 0 Å². The zero-order chi connectivity index (χ0) is 13.2. The van der Waals surface area contributed by atoms with E-state index in [1.54, 1.807) is 24.3 Å². The minimum Gasteiger partial charge on any atom is -0.394 e. The highest BCUT2D eigenvalue weighted by Gasteiger charge is 2.37. The number of benzene rings is 1. The van der Waals surface area contributed by atoms with E-state index in [4.69, 9.17) is 0 Å². The Labute approximate surface area is 108 Å². The van der Waals surface area contributed by atoms with Crippen molar-refractivity contribution in [2.45, 2.75) is 43.0 Å². The number of rotatable bonds is 4. The molecule has 4 nitrogen and oxygen atoms in total. The molecule has 0 aliphatic heterocycles. The first kappa shape index (κ1) is 13.5. The summed E-state index contributed by atoms with van der Waals surface area (Å²) in [7, 11) is -3.54. The fraction of sp³-hybridized carbons (Fsp3) is 0.538. The van der Waals surface area contributed by atoms with E-state index in [1.165, 1.54) is 0 Å². The molecule has 0 radical (unpaired) electrons. The van der Waals surface area contributed by atoms with Crippen LogP contribution in [0.2, 0.25) is 0 Å². The van der Waals surface area contributed by atoms with Gasteiger partial charge in [-0.25, -0.2) is 13.1 Å². The van der Waals surface area contributed by atoms with Crippen LogP contribution < -0.4 is 4.72 Å². The molecule has 0 heterocycles. The van der Waals surface area contributed by atoms with E-state index in [9.17, 15) is 13.5 Å². The van der Waals surface area contributed by atoms with Crippen LogP contribution in [0.15, 0.2) is 29.2 Å². The largest absolute Gasteiger partial charge is 0.394 e. The topological polar surface area (TPSA) is 66.4 Å². The van der Waals surface area contributed by atoms with Gasteiger partial charge in [0.15, 0.2) is 0 Å². The highest BCUT2D eigenvalue weighted by atomic mass is 32.2. The van der Waals surface area contributed by atoms with Crippen molar-refractivity contribution in [2.75, 3.05) is 6.61 Å². The van der Waals surface area contributed by atoms with Gasteiger partial charge in [-0.15, -0.1) is 0 Å². The van der Waals surface area contributed by atoms with Gasteiger partial charge in [-0.3, -0.25) is 0 Å². The van der Waals surface area contributed by atoms with Crippen molar-refractivity contribution in [1.82, 2.24) is 4.72 Å². The van der Waals surface area contributed by atoms with Gasteiger partial charge in [0.1, 0.15) is 0 Å². The number of hydrogen-bond acceptors (Lipinski definition) is 3. The van der Waals surface area contributed by atoms with Crippen LogP contribution in [-0.4, -0.2) is 25.7 Å². The van der Waals surface area contributed by atoms with Gasteiger partial charge in [0, 0.05) is 0 Å². The average molecular weight is 269 g/mol. The van der Waals surface area contributed by atoms with Crippen LogP contribution in [0.25, 0.3) is 0 Å². The normalized spacial score (nSPS) is 19.0. The average Bonchev–Trinajstić information content (AvgIpc) is 2.78. The van der Waals surface area contributed by atoms with Crippen LogP contribution in [-0.2, 0) is 10.0 Å². The molecule has 0 atom stereocenters. The first-order chi connectivity index (χ1) is 8.47. The summed E-state index contributed by atoms with van der Waals surface area (Å²) in [5, 5.41) is 9.44. The highest BCUT2D eigenvalue weighted by Crippen LogP contribution is 2.30. The molecule has 0 unspecified atom stereocenters. The van der Waals surface area contributed by atoms with E-state index in [0.717, 1.165) is 18.4 Å². The molecule has 2 N–H and O–H groups in total. The summed E-state index contributed by atoms with van der Waals surface area (Å²) in [6.07, 6.45) is 3.32. The molecule has 1 aliphatic rings. The lowest BCUT2D eigenvalue weighted by atomic mass is 10.0. The van der Waals surface area contributed by atoms with Gasteiger partial charge in [-0.1, -0.05) is 30.5 Å². The third kappa shape index (κ3) is 2.74. The Hall–Kier alpha value is -0.910. The second kappa shape index (κ2) is 4.99. The number of aliphatic hydroxyl groups excluding tert-OH is 1. The molecule has 100 valence electrons. The Morgan fingerprint density at radius 1 is 1.22 bits per heavy atom. The van der Waals surface area contributed by atoms with Gasteiger partial charge < -0.3 is 5.11 Å². The van der Waals surface area contributed by atoms with Crippen LogP contribution >= 0.6 is 0 Å². The molecule has 0 bridgehead atoms. The molecule has 0 aromatic heterocycles. The van der Waals surface area contributed by atoms with Crippen LogP contribution in [0.4, 0.5) is 0 Å². The van der Waals surface area contributed by atoms with E-state index in [0.29, 0.717) is 12.8 Å². The predicted octanol–water partition coefficient (Wildman–Crippen LogP) is 1.58. The minimum absolute atomic E-state index is 0.141. The zero-order valence-corrected chi connectivity index (χ0v) is 11.3. The Balaban J connectivity index is 2.24. The summed E-state index contributed by atoms with van der Waals surface area (Å²) < 4.78 is 27.2. The molecule has 5 heteroatoms. The standard InChI is InChI=1S/C13H19NO3S/c1-11-4-6-12(7-5-11)18(16,17)14-13(10-15)8-2-3-9-13/h4-7,14-15H,2-3,8-10H2,1H3. The molecule has 1 aromatic rings. The molecule has 1 fully saturated rings. The predicted molar refractivity (Wildman–Crippen MR) is 69.8 cm³/mol. The van der Waals surface area contributed by atoms with E-state index < -0.39 is 15.6 Å². The van der Waals surface area contributed by atoms with Gasteiger partial charge in [0.2, 0.25) is 10.0 Å². The van der Waals surface area contributed by atoms with Gasteiger partial charge in [-0.05, 0) is 31.9 Å². The summed E-state index contributed by atoms with van der Waals surface area (Å²) in [6, 6.07) is 6.74. The maximum absolute atomic E-state index is 12.2. The Morgan fingerprint density at radius 3 is 2.28 bits per heavy atom. The van der Waals surface area contributed by atoms with Crippen LogP contribution in [0, 0.1) is 6.92 Å². The van der Waals surface area contributed by atoms with Crippen LogP contribution in [0.3, 0.4) is 0 Å². The minimum atomic E-state index is -3.54. The van der Waals surface area contributed by atoms with E-state index in [-0.39, 0.29) is 11.5 Å². The number of sulfonamides is 1. The number of nitrogens with one attached hydrogen (secondary N) is 1. The molecule has 1 aliphatic carbocycles. The fourth-order valence-electron chi connectivity index (χ4n) is 2.41. The first-order valence-electron chi connectivity index (χ1n) is 6.19. The van der Waals surface area contributed by atoms with Crippen molar-refractivity contribution >= 4 is 10.0 Å². The summed E-state index contributed by atoms with van der Waals surface area (Å²) in [5.41, 5.74) is 0.357. The third-order valence-corrected chi connectivity index (χ3v) is 5.14. The third-order valence-electron chi connectivity index (χ3n) is 3.55. The fourth-order valence-corrected chi connectivity index (χ4v) is 3.86. The van der Waals surface area contributed by atoms with Crippen molar-refractivity contribution in [3.8, 4) is 0 Å². The lowest BCUT2D eigenvalue weighted by molar-refractivity contribution is 0.185. The molecular weight excluding hydrogens is 250 g/mol. The van der Waals surface area contributed by atoms with Crippen molar-refractivity contribution in [3.63, 3.8) is 0 Å². The summed E-state index contributed by atoms with van der Waals surface area (Å²) >= 11 is 0. The van der Waals surface area contributed by atoms with E-state index >= 15 is 0 Å². The van der Waals surface area contributed by atoms with Crippen molar-refractivity contribution < 1.29 is 13.5 Å². The number of aryl methyl sites for hydroxylation is 1. The second-order valence-corrected chi connectivity index (χ2v) is 6.75. The summed E-state index contributed by atoms with van der Waals surface area (Å²) in [5.74, 6) is 0. The lowest BCUT2D eigenvalue weighted by Crippen LogP contribution is -2.49.